The smallest absolute Gasteiger partial charge is 0.241 e. The van der Waals surface area contributed by atoms with Gasteiger partial charge in [0.1, 0.15) is 0 Å². The Morgan fingerprint density at radius 3 is 2.80 bits per heavy atom. The Morgan fingerprint density at radius 1 is 1.53 bits per heavy atom. The van der Waals surface area contributed by atoms with Crippen molar-refractivity contribution in [2.75, 3.05) is 11.6 Å². The lowest BCUT2D eigenvalue weighted by atomic mass is 10.2. The summed E-state index contributed by atoms with van der Waals surface area (Å²) in [6, 6.07) is 7.26. The van der Waals surface area contributed by atoms with Crippen LogP contribution < -0.4 is 11.1 Å². The van der Waals surface area contributed by atoms with Crippen LogP contribution in [0.15, 0.2) is 29.2 Å². The van der Waals surface area contributed by atoms with E-state index in [2.05, 4.69) is 5.32 Å². The summed E-state index contributed by atoms with van der Waals surface area (Å²) in [5.41, 5.74) is 6.47. The number of benzene rings is 1. The molecule has 4 heteroatoms. The molecule has 3 nitrogen and oxygen atoms in total. The minimum atomic E-state index is -0.431. The van der Waals surface area contributed by atoms with E-state index in [1.54, 1.807) is 11.8 Å². The Balaban J connectivity index is 2.76. The molecular weight excluding hydrogens is 208 g/mol. The molecule has 1 amide bonds. The van der Waals surface area contributed by atoms with Gasteiger partial charge < -0.3 is 11.1 Å². The van der Waals surface area contributed by atoms with Gasteiger partial charge in [-0.25, -0.2) is 0 Å². The van der Waals surface area contributed by atoms with E-state index in [1.807, 2.05) is 37.4 Å². The lowest BCUT2D eigenvalue weighted by Crippen LogP contribution is -2.34. The Kier molecular flexibility index (Phi) is 4.65. The third-order valence-electron chi connectivity index (χ3n) is 2.14. The van der Waals surface area contributed by atoms with Crippen molar-refractivity contribution >= 4 is 23.4 Å². The van der Waals surface area contributed by atoms with Gasteiger partial charge in [-0.05, 0) is 24.8 Å². The van der Waals surface area contributed by atoms with Crippen molar-refractivity contribution < 1.29 is 4.79 Å². The molecule has 0 unspecified atom stereocenters. The maximum Gasteiger partial charge on any atom is 0.241 e. The predicted octanol–water partition coefficient (Wildman–Crippen LogP) is 2.08. The van der Waals surface area contributed by atoms with Crippen molar-refractivity contribution in [2.45, 2.75) is 24.3 Å². The Labute approximate surface area is 94.4 Å². The molecule has 82 valence electrons. The average Bonchev–Trinajstić information content (AvgIpc) is 2.28. The second kappa shape index (κ2) is 5.78. The maximum absolute atomic E-state index is 11.6. The number of anilines is 1. The zero-order valence-corrected chi connectivity index (χ0v) is 9.80. The molecule has 0 spiro atoms. The van der Waals surface area contributed by atoms with E-state index < -0.39 is 6.04 Å². The van der Waals surface area contributed by atoms with Crippen molar-refractivity contribution in [3.05, 3.63) is 24.3 Å². The Bertz CT molecular complexity index is 341. The minimum absolute atomic E-state index is 0.126. The molecule has 0 heterocycles. The number of hydrogen-bond acceptors (Lipinski definition) is 3. The molecule has 1 aromatic rings. The molecule has 0 fully saturated rings. The largest absolute Gasteiger partial charge is 0.324 e. The number of amides is 1. The minimum Gasteiger partial charge on any atom is -0.324 e. The number of rotatable bonds is 4. The van der Waals surface area contributed by atoms with E-state index in [0.717, 1.165) is 10.6 Å². The molecule has 3 N–H and O–H groups in total. The van der Waals surface area contributed by atoms with Gasteiger partial charge in [0.15, 0.2) is 0 Å². The SMILES string of the molecule is CC[C@@H](N)C(=O)Nc1ccccc1SC. The number of hydrogen-bond donors (Lipinski definition) is 2. The van der Waals surface area contributed by atoms with Gasteiger partial charge in [0.2, 0.25) is 5.91 Å². The first kappa shape index (κ1) is 12.1. The monoisotopic (exact) mass is 224 g/mol. The van der Waals surface area contributed by atoms with Crippen LogP contribution in [0.5, 0.6) is 0 Å². The summed E-state index contributed by atoms with van der Waals surface area (Å²) in [7, 11) is 0. The summed E-state index contributed by atoms with van der Waals surface area (Å²) >= 11 is 1.60. The van der Waals surface area contributed by atoms with Crippen LogP contribution in [0.25, 0.3) is 0 Å². The quantitative estimate of drug-likeness (QED) is 0.770. The first-order valence-electron chi connectivity index (χ1n) is 4.88. The molecule has 1 atom stereocenters. The molecule has 15 heavy (non-hydrogen) atoms. The van der Waals surface area contributed by atoms with Crippen molar-refractivity contribution in [2.24, 2.45) is 5.73 Å². The number of carbonyl (C=O) groups excluding carboxylic acids is 1. The van der Waals surface area contributed by atoms with Crippen LogP contribution in [0.3, 0.4) is 0 Å². The van der Waals surface area contributed by atoms with Crippen molar-refractivity contribution in [3.63, 3.8) is 0 Å². The molecule has 0 saturated heterocycles. The highest BCUT2D eigenvalue weighted by atomic mass is 32.2. The van der Waals surface area contributed by atoms with Gasteiger partial charge in [0, 0.05) is 4.90 Å². The molecule has 1 aromatic carbocycles. The van der Waals surface area contributed by atoms with Gasteiger partial charge in [-0.3, -0.25) is 4.79 Å². The van der Waals surface area contributed by atoms with Gasteiger partial charge in [-0.15, -0.1) is 11.8 Å². The van der Waals surface area contributed by atoms with Crippen LogP contribution in [0.4, 0.5) is 5.69 Å². The summed E-state index contributed by atoms with van der Waals surface area (Å²) in [6.45, 7) is 1.89. The first-order valence-corrected chi connectivity index (χ1v) is 6.11. The van der Waals surface area contributed by atoms with E-state index in [4.69, 9.17) is 5.73 Å². The third-order valence-corrected chi connectivity index (χ3v) is 2.94. The van der Waals surface area contributed by atoms with Crippen molar-refractivity contribution in [1.29, 1.82) is 0 Å². The molecule has 0 saturated carbocycles. The van der Waals surface area contributed by atoms with Crippen molar-refractivity contribution in [1.82, 2.24) is 0 Å². The summed E-state index contributed by atoms with van der Waals surface area (Å²) in [5.74, 6) is -0.126. The van der Waals surface area contributed by atoms with Crippen LogP contribution in [0.2, 0.25) is 0 Å². The zero-order chi connectivity index (χ0) is 11.3. The fourth-order valence-corrected chi connectivity index (χ4v) is 1.71. The fraction of sp³-hybridized carbons (Fsp3) is 0.364. The molecule has 0 aliphatic carbocycles. The molecular formula is C11H16N2OS. The summed E-state index contributed by atoms with van der Waals surface area (Å²) in [6.07, 6.45) is 2.62. The second-order valence-corrected chi connectivity index (χ2v) is 4.05. The number of para-hydroxylation sites is 1. The van der Waals surface area contributed by atoms with Crippen LogP contribution in [-0.4, -0.2) is 18.2 Å². The third kappa shape index (κ3) is 3.25. The van der Waals surface area contributed by atoms with Crippen LogP contribution in [-0.2, 0) is 4.79 Å². The molecule has 0 radical (unpaired) electrons. The first-order chi connectivity index (χ1) is 7.19. The van der Waals surface area contributed by atoms with Crippen LogP contribution in [0.1, 0.15) is 13.3 Å². The van der Waals surface area contributed by atoms with Gasteiger partial charge in [-0.2, -0.15) is 0 Å². The Morgan fingerprint density at radius 2 is 2.20 bits per heavy atom. The van der Waals surface area contributed by atoms with E-state index in [9.17, 15) is 4.79 Å². The van der Waals surface area contributed by atoms with Gasteiger partial charge >= 0.3 is 0 Å². The number of nitrogens with one attached hydrogen (secondary N) is 1. The van der Waals surface area contributed by atoms with Gasteiger partial charge in [-0.1, -0.05) is 19.1 Å². The van der Waals surface area contributed by atoms with Gasteiger partial charge in [0.05, 0.1) is 11.7 Å². The molecule has 0 bridgehead atoms. The molecule has 0 aliphatic rings. The lowest BCUT2D eigenvalue weighted by Gasteiger charge is -2.12. The lowest BCUT2D eigenvalue weighted by molar-refractivity contribution is -0.117. The van der Waals surface area contributed by atoms with E-state index in [1.165, 1.54) is 0 Å². The molecule has 0 aromatic heterocycles. The zero-order valence-electron chi connectivity index (χ0n) is 8.99. The topological polar surface area (TPSA) is 55.1 Å². The highest BCUT2D eigenvalue weighted by molar-refractivity contribution is 7.98. The Hall–Kier alpha value is -1.00. The molecule has 1 rings (SSSR count). The number of thioether (sulfide) groups is 1. The normalized spacial score (nSPS) is 12.2. The fourth-order valence-electron chi connectivity index (χ4n) is 1.16. The van der Waals surface area contributed by atoms with Crippen molar-refractivity contribution in [3.8, 4) is 0 Å². The summed E-state index contributed by atoms with van der Waals surface area (Å²) in [5, 5.41) is 2.83. The van der Waals surface area contributed by atoms with E-state index in [0.29, 0.717) is 6.42 Å². The summed E-state index contributed by atoms with van der Waals surface area (Å²) in [4.78, 5) is 12.6. The van der Waals surface area contributed by atoms with E-state index >= 15 is 0 Å². The number of carbonyl (C=O) groups is 1. The maximum atomic E-state index is 11.6. The van der Waals surface area contributed by atoms with Gasteiger partial charge in [0.25, 0.3) is 0 Å². The van der Waals surface area contributed by atoms with Crippen LogP contribution >= 0.6 is 11.8 Å². The highest BCUT2D eigenvalue weighted by Crippen LogP contribution is 2.24. The predicted molar refractivity (Wildman–Crippen MR) is 65.1 cm³/mol. The highest BCUT2D eigenvalue weighted by Gasteiger charge is 2.12. The molecule has 0 aliphatic heterocycles. The summed E-state index contributed by atoms with van der Waals surface area (Å²) < 4.78 is 0. The van der Waals surface area contributed by atoms with E-state index in [-0.39, 0.29) is 5.91 Å². The standard InChI is InChI=1S/C11H16N2OS/c1-3-8(12)11(14)13-9-6-4-5-7-10(9)15-2/h4-8H,3,12H2,1-2H3,(H,13,14)/t8-/m1/s1. The average molecular weight is 224 g/mol. The number of nitrogens with two attached hydrogens (primary N) is 1. The van der Waals surface area contributed by atoms with Crippen LogP contribution in [0, 0.1) is 0 Å². The second-order valence-electron chi connectivity index (χ2n) is 3.20.